The summed E-state index contributed by atoms with van der Waals surface area (Å²) in [6.07, 6.45) is 3.44. The van der Waals surface area contributed by atoms with Crippen LogP contribution in [0.25, 0.3) is 0 Å². The first-order valence-electron chi connectivity index (χ1n) is 8.91. The Balaban J connectivity index is 1.62. The van der Waals surface area contributed by atoms with Crippen LogP contribution >= 0.6 is 11.6 Å². The van der Waals surface area contributed by atoms with Crippen molar-refractivity contribution in [2.24, 2.45) is 5.92 Å². The van der Waals surface area contributed by atoms with Gasteiger partial charge in [-0.05, 0) is 55.9 Å². The Kier molecular flexibility index (Phi) is 6.42. The third-order valence-corrected chi connectivity index (χ3v) is 4.88. The number of aliphatic hydroxyl groups is 1. The zero-order valence-electron chi connectivity index (χ0n) is 14.9. The number of carbonyl (C=O) groups excluding carboxylic acids is 1. The molecule has 1 aliphatic rings. The molecule has 1 amide bonds. The van der Waals surface area contributed by atoms with Gasteiger partial charge in [-0.15, -0.1) is 10.2 Å². The van der Waals surface area contributed by atoms with Crippen LogP contribution in [0.3, 0.4) is 0 Å². The highest BCUT2D eigenvalue weighted by molar-refractivity contribution is 6.29. The number of hydrogen-bond donors (Lipinski definition) is 2. The summed E-state index contributed by atoms with van der Waals surface area (Å²) in [5.74, 6) is 1.07. The predicted octanol–water partition coefficient (Wildman–Crippen LogP) is 3.76. The second kappa shape index (κ2) is 8.97. The molecule has 2 atom stereocenters. The lowest BCUT2D eigenvalue weighted by atomic mass is 9.81. The van der Waals surface area contributed by atoms with Gasteiger partial charge in [0.25, 0.3) is 5.91 Å². The molecule has 142 valence electrons. The highest BCUT2D eigenvalue weighted by atomic mass is 35.5. The average Bonchev–Trinajstić information content (AvgIpc) is 2.66. The maximum atomic E-state index is 12.6. The molecule has 2 N–H and O–H groups in total. The Bertz CT molecular complexity index is 810. The Morgan fingerprint density at radius 2 is 2.15 bits per heavy atom. The molecule has 1 aromatic heterocycles. The fourth-order valence-corrected chi connectivity index (χ4v) is 3.35. The summed E-state index contributed by atoms with van der Waals surface area (Å²) in [4.78, 5) is 12.6. The molecular weight excluding hydrogens is 366 g/mol. The Morgan fingerprint density at radius 3 is 2.85 bits per heavy atom. The molecule has 1 aromatic carbocycles. The lowest BCUT2D eigenvalue weighted by molar-refractivity contribution is 0.0933. The molecule has 2 unspecified atom stereocenters. The lowest BCUT2D eigenvalue weighted by Crippen LogP contribution is -2.39. The van der Waals surface area contributed by atoms with E-state index >= 15 is 0 Å². The number of aromatic nitrogens is 2. The van der Waals surface area contributed by atoms with Crippen molar-refractivity contribution >= 4 is 17.5 Å². The third kappa shape index (κ3) is 5.28. The highest BCUT2D eigenvalue weighted by Gasteiger charge is 2.25. The molecule has 2 aromatic rings. The standard InChI is InChI=1S/C20H22ClN3O3/c1-13-11-14(9-10-25)5-6-17(13)22-20(26)15-3-2-4-16(12-15)27-19-8-7-18(21)23-24-19/h2-4,7-8,12,14,17,25H,1,5-6,9-11H2,(H,22,26). The van der Waals surface area contributed by atoms with Gasteiger partial charge in [0.2, 0.25) is 5.88 Å². The number of benzene rings is 1. The molecule has 0 saturated heterocycles. The zero-order chi connectivity index (χ0) is 19.2. The average molecular weight is 388 g/mol. The summed E-state index contributed by atoms with van der Waals surface area (Å²) in [7, 11) is 0. The van der Waals surface area contributed by atoms with Crippen LogP contribution in [0.15, 0.2) is 48.6 Å². The summed E-state index contributed by atoms with van der Waals surface area (Å²) < 4.78 is 5.62. The van der Waals surface area contributed by atoms with Crippen LogP contribution in [0, 0.1) is 5.92 Å². The van der Waals surface area contributed by atoms with E-state index < -0.39 is 0 Å². The van der Waals surface area contributed by atoms with Crippen LogP contribution in [0.2, 0.25) is 5.15 Å². The van der Waals surface area contributed by atoms with Gasteiger partial charge in [-0.1, -0.05) is 29.8 Å². The highest BCUT2D eigenvalue weighted by Crippen LogP contribution is 2.30. The quantitative estimate of drug-likeness (QED) is 0.737. The molecule has 0 spiro atoms. The molecule has 7 heteroatoms. The SMILES string of the molecule is C=C1CC(CCO)CCC1NC(=O)c1cccc(Oc2ccc(Cl)nn2)c1. The topological polar surface area (TPSA) is 84.3 Å². The number of halogens is 1. The second-order valence-electron chi connectivity index (χ2n) is 6.67. The first-order valence-corrected chi connectivity index (χ1v) is 9.29. The molecule has 1 saturated carbocycles. The number of ether oxygens (including phenoxy) is 1. The molecule has 0 aliphatic heterocycles. The molecule has 0 bridgehead atoms. The number of aliphatic hydroxyl groups excluding tert-OH is 1. The summed E-state index contributed by atoms with van der Waals surface area (Å²) in [5, 5.41) is 20.0. The van der Waals surface area contributed by atoms with Gasteiger partial charge in [0.15, 0.2) is 5.15 Å². The fourth-order valence-electron chi connectivity index (χ4n) is 3.25. The maximum Gasteiger partial charge on any atom is 0.251 e. The summed E-state index contributed by atoms with van der Waals surface area (Å²) in [6, 6.07) is 10.0. The maximum absolute atomic E-state index is 12.6. The first-order chi connectivity index (χ1) is 13.0. The van der Waals surface area contributed by atoms with Gasteiger partial charge < -0.3 is 15.2 Å². The monoisotopic (exact) mass is 387 g/mol. The normalized spacial score (nSPS) is 19.6. The van der Waals surface area contributed by atoms with Gasteiger partial charge >= 0.3 is 0 Å². The van der Waals surface area contributed by atoms with Crippen LogP contribution in [0.5, 0.6) is 11.6 Å². The van der Waals surface area contributed by atoms with Crippen LogP contribution in [-0.2, 0) is 0 Å². The second-order valence-corrected chi connectivity index (χ2v) is 7.06. The number of hydrogen-bond acceptors (Lipinski definition) is 5. The van der Waals surface area contributed by atoms with Crippen molar-refractivity contribution in [1.82, 2.24) is 15.5 Å². The number of amides is 1. The Morgan fingerprint density at radius 1 is 1.30 bits per heavy atom. The van der Waals surface area contributed by atoms with E-state index in [4.69, 9.17) is 21.4 Å². The van der Waals surface area contributed by atoms with Gasteiger partial charge in [0.1, 0.15) is 5.75 Å². The van der Waals surface area contributed by atoms with Crippen molar-refractivity contribution in [3.63, 3.8) is 0 Å². The minimum atomic E-state index is -0.172. The van der Waals surface area contributed by atoms with Crippen LogP contribution < -0.4 is 10.1 Å². The van der Waals surface area contributed by atoms with E-state index in [1.165, 1.54) is 0 Å². The van der Waals surface area contributed by atoms with E-state index in [1.807, 2.05) is 0 Å². The van der Waals surface area contributed by atoms with Crippen molar-refractivity contribution in [1.29, 1.82) is 0 Å². The molecule has 27 heavy (non-hydrogen) atoms. The van der Waals surface area contributed by atoms with Gasteiger partial charge in [-0.2, -0.15) is 0 Å². The minimum Gasteiger partial charge on any atom is -0.437 e. The Labute approximate surface area is 163 Å². The van der Waals surface area contributed by atoms with E-state index in [1.54, 1.807) is 36.4 Å². The summed E-state index contributed by atoms with van der Waals surface area (Å²) in [5.41, 5.74) is 1.51. The first kappa shape index (κ1) is 19.3. The van der Waals surface area contributed by atoms with Gasteiger partial charge in [-0.25, -0.2) is 0 Å². The number of rotatable bonds is 6. The predicted molar refractivity (Wildman–Crippen MR) is 103 cm³/mol. The molecule has 1 aliphatic carbocycles. The number of nitrogens with zero attached hydrogens (tertiary/aromatic N) is 2. The van der Waals surface area contributed by atoms with Crippen molar-refractivity contribution in [3.8, 4) is 11.6 Å². The van der Waals surface area contributed by atoms with E-state index in [2.05, 4.69) is 22.1 Å². The van der Waals surface area contributed by atoms with Gasteiger partial charge in [-0.3, -0.25) is 4.79 Å². The van der Waals surface area contributed by atoms with Crippen molar-refractivity contribution in [3.05, 3.63) is 59.3 Å². The lowest BCUT2D eigenvalue weighted by Gasteiger charge is -2.31. The molecule has 6 nitrogen and oxygen atoms in total. The number of nitrogens with one attached hydrogen (secondary N) is 1. The van der Waals surface area contributed by atoms with E-state index in [-0.39, 0.29) is 23.7 Å². The molecular formula is C20H22ClN3O3. The van der Waals surface area contributed by atoms with E-state index in [9.17, 15) is 4.79 Å². The van der Waals surface area contributed by atoms with Crippen molar-refractivity contribution < 1.29 is 14.6 Å². The van der Waals surface area contributed by atoms with Crippen LogP contribution in [-0.4, -0.2) is 33.9 Å². The largest absolute Gasteiger partial charge is 0.437 e. The smallest absolute Gasteiger partial charge is 0.251 e. The van der Waals surface area contributed by atoms with E-state index in [0.717, 1.165) is 31.3 Å². The number of carbonyl (C=O) groups is 1. The Hall–Kier alpha value is -2.44. The van der Waals surface area contributed by atoms with E-state index in [0.29, 0.717) is 23.1 Å². The molecule has 3 rings (SSSR count). The minimum absolute atomic E-state index is 0.0425. The summed E-state index contributed by atoms with van der Waals surface area (Å²) >= 11 is 5.71. The summed E-state index contributed by atoms with van der Waals surface area (Å²) in [6.45, 7) is 4.30. The van der Waals surface area contributed by atoms with Gasteiger partial charge in [0.05, 0.1) is 6.04 Å². The van der Waals surface area contributed by atoms with Crippen molar-refractivity contribution in [2.75, 3.05) is 6.61 Å². The van der Waals surface area contributed by atoms with Crippen LogP contribution in [0.4, 0.5) is 0 Å². The zero-order valence-corrected chi connectivity index (χ0v) is 15.7. The van der Waals surface area contributed by atoms with Gasteiger partial charge in [0, 0.05) is 18.2 Å². The van der Waals surface area contributed by atoms with Crippen molar-refractivity contribution in [2.45, 2.75) is 31.7 Å². The molecule has 1 fully saturated rings. The van der Waals surface area contributed by atoms with Crippen LogP contribution in [0.1, 0.15) is 36.0 Å². The molecule has 1 heterocycles. The third-order valence-electron chi connectivity index (χ3n) is 4.68. The molecule has 0 radical (unpaired) electrons. The fraction of sp³-hybridized carbons (Fsp3) is 0.350.